The van der Waals surface area contributed by atoms with E-state index in [4.69, 9.17) is 31.8 Å². The molecular weight excluding hydrogens is 478 g/mol. The van der Waals surface area contributed by atoms with E-state index in [1.54, 1.807) is 24.3 Å². The minimum atomic E-state index is -1.23. The number of rotatable bonds is 7. The molecule has 9 N–H and O–H groups in total. The van der Waals surface area contributed by atoms with Gasteiger partial charge >= 0.3 is 12.0 Å². The number of anilines is 1. The molecule has 2 aromatic carbocycles. The molecule has 2 heterocycles. The van der Waals surface area contributed by atoms with Crippen molar-refractivity contribution in [3.05, 3.63) is 59.4 Å². The van der Waals surface area contributed by atoms with Crippen LogP contribution in [0.2, 0.25) is 0 Å². The molecule has 0 radical (unpaired) electrons. The molecule has 0 saturated heterocycles. The van der Waals surface area contributed by atoms with Gasteiger partial charge in [0.05, 0.1) is 0 Å². The largest absolute Gasteiger partial charge is 0.478 e. The Morgan fingerprint density at radius 2 is 1.81 bits per heavy atom. The van der Waals surface area contributed by atoms with Crippen LogP contribution in [0.3, 0.4) is 0 Å². The van der Waals surface area contributed by atoms with Crippen molar-refractivity contribution in [3.8, 4) is 23.4 Å². The van der Waals surface area contributed by atoms with Gasteiger partial charge in [0.2, 0.25) is 0 Å². The summed E-state index contributed by atoms with van der Waals surface area (Å²) in [4.78, 5) is 28.3. The van der Waals surface area contributed by atoms with Gasteiger partial charge in [0.25, 0.3) is 5.88 Å². The number of amidine groups is 1. The summed E-state index contributed by atoms with van der Waals surface area (Å²) in [6, 6.07) is 10.6. The Morgan fingerprint density at radius 1 is 1.05 bits per heavy atom. The number of H-pyrrole nitrogens is 1. The first kappa shape index (κ1) is 24.9. The molecule has 37 heavy (non-hydrogen) atoms. The number of carbonyl (C=O) groups is 1. The van der Waals surface area contributed by atoms with Crippen LogP contribution < -0.4 is 26.3 Å². The first-order chi connectivity index (χ1) is 17.4. The predicted octanol–water partition coefficient (Wildman–Crippen LogP) is 3.52. The summed E-state index contributed by atoms with van der Waals surface area (Å²) < 4.78 is 11.8. The van der Waals surface area contributed by atoms with Gasteiger partial charge in [-0.3, -0.25) is 10.8 Å². The highest BCUT2D eigenvalue weighted by Crippen LogP contribution is 2.34. The maximum Gasteiger partial charge on any atom is 0.339 e. The van der Waals surface area contributed by atoms with Crippen molar-refractivity contribution in [1.29, 1.82) is 10.8 Å². The Balaban J connectivity index is 1.82. The molecule has 0 amide bonds. The van der Waals surface area contributed by atoms with Gasteiger partial charge in [-0.1, -0.05) is 32.9 Å². The van der Waals surface area contributed by atoms with Gasteiger partial charge in [0.15, 0.2) is 11.6 Å². The molecule has 0 spiro atoms. The molecule has 0 fully saturated rings. The van der Waals surface area contributed by atoms with Gasteiger partial charge in [-0.05, 0) is 24.3 Å². The van der Waals surface area contributed by atoms with Crippen molar-refractivity contribution in [2.45, 2.75) is 26.2 Å². The van der Waals surface area contributed by atoms with Crippen LogP contribution in [0.25, 0.3) is 11.2 Å². The Morgan fingerprint density at radius 3 is 2.46 bits per heavy atom. The number of aromatic amines is 1. The molecule has 0 aliphatic heterocycles. The molecule has 0 aliphatic carbocycles. The number of ether oxygens (including phenoxy) is 2. The third-order valence-corrected chi connectivity index (χ3v) is 5.06. The van der Waals surface area contributed by atoms with Crippen molar-refractivity contribution in [1.82, 2.24) is 19.9 Å². The fourth-order valence-corrected chi connectivity index (χ4v) is 3.28. The summed E-state index contributed by atoms with van der Waals surface area (Å²) in [5.41, 5.74) is 11.8. The van der Waals surface area contributed by atoms with E-state index in [1.165, 1.54) is 18.2 Å². The third kappa shape index (κ3) is 5.56. The van der Waals surface area contributed by atoms with Gasteiger partial charge in [0, 0.05) is 22.7 Å². The van der Waals surface area contributed by atoms with Crippen molar-refractivity contribution in [2.75, 3.05) is 5.32 Å². The van der Waals surface area contributed by atoms with Crippen LogP contribution in [-0.4, -0.2) is 42.8 Å². The maximum atomic E-state index is 11.8. The number of fused-ring (bicyclic) bond motifs is 1. The number of nitrogens with one attached hydrogen (secondary N) is 4. The van der Waals surface area contributed by atoms with E-state index < -0.39 is 5.97 Å². The number of carboxylic acid groups (broad SMARTS) is 1. The zero-order valence-corrected chi connectivity index (χ0v) is 20.2. The van der Waals surface area contributed by atoms with Gasteiger partial charge in [-0.2, -0.15) is 9.97 Å². The number of nitrogens with two attached hydrogens (primary N) is 2. The molecule has 13 nitrogen and oxygen atoms in total. The lowest BCUT2D eigenvalue weighted by Gasteiger charge is -2.13. The average molecular weight is 504 g/mol. The highest BCUT2D eigenvalue weighted by atomic mass is 16.5. The average Bonchev–Trinajstić information content (AvgIpc) is 3.24. The van der Waals surface area contributed by atoms with E-state index in [1.807, 2.05) is 20.8 Å². The molecule has 0 saturated carbocycles. The molecule has 4 aromatic rings. The summed E-state index contributed by atoms with van der Waals surface area (Å²) in [6.45, 7) is 5.88. The van der Waals surface area contributed by atoms with E-state index in [2.05, 4.69) is 25.3 Å². The second-order valence-electron chi connectivity index (χ2n) is 9.05. The maximum absolute atomic E-state index is 11.8. The minimum absolute atomic E-state index is 0.0378. The van der Waals surface area contributed by atoms with Gasteiger partial charge in [-0.25, -0.2) is 9.78 Å². The molecule has 0 atom stereocenters. The number of hydrogen-bond acceptors (Lipinski definition) is 8. The lowest BCUT2D eigenvalue weighted by Crippen LogP contribution is -2.20. The van der Waals surface area contributed by atoms with Crippen LogP contribution >= 0.6 is 0 Å². The first-order valence-corrected chi connectivity index (χ1v) is 11.0. The lowest BCUT2D eigenvalue weighted by molar-refractivity contribution is 0.0694. The fourth-order valence-electron chi connectivity index (χ4n) is 3.28. The molecule has 2 aromatic heterocycles. The number of aromatic nitrogens is 4. The Labute approximate surface area is 210 Å². The molecule has 190 valence electrons. The number of hydrogen-bond donors (Lipinski definition) is 7. The normalized spacial score (nSPS) is 11.2. The predicted molar refractivity (Wildman–Crippen MR) is 137 cm³/mol. The summed E-state index contributed by atoms with van der Waals surface area (Å²) >= 11 is 0. The second kappa shape index (κ2) is 9.45. The Kier molecular flexibility index (Phi) is 6.36. The molecule has 0 bridgehead atoms. The van der Waals surface area contributed by atoms with Gasteiger partial charge in [0.1, 0.15) is 34.2 Å². The second-order valence-corrected chi connectivity index (χ2v) is 9.05. The fraction of sp³-hybridized carbons (Fsp3) is 0.167. The minimum Gasteiger partial charge on any atom is -0.478 e. The van der Waals surface area contributed by atoms with Gasteiger partial charge < -0.3 is 36.3 Å². The third-order valence-electron chi connectivity index (χ3n) is 5.06. The van der Waals surface area contributed by atoms with Crippen molar-refractivity contribution < 1.29 is 19.4 Å². The van der Waals surface area contributed by atoms with Crippen molar-refractivity contribution in [3.63, 3.8) is 0 Å². The number of carboxylic acids is 1. The number of nitrogens with zero attached hydrogens (tertiary/aromatic N) is 3. The Bertz CT molecular complexity index is 1540. The molecular formula is C24H25N9O4. The zero-order valence-electron chi connectivity index (χ0n) is 20.2. The topological polar surface area (TPSA) is 222 Å². The van der Waals surface area contributed by atoms with E-state index in [0.717, 1.165) is 0 Å². The summed E-state index contributed by atoms with van der Waals surface area (Å²) in [5, 5.41) is 27.4. The summed E-state index contributed by atoms with van der Waals surface area (Å²) in [5.74, 6) is -0.903. The van der Waals surface area contributed by atoms with Crippen LogP contribution in [0.15, 0.2) is 42.5 Å². The van der Waals surface area contributed by atoms with Crippen LogP contribution in [0.5, 0.6) is 23.4 Å². The number of benzene rings is 2. The van der Waals surface area contributed by atoms with Gasteiger partial charge in [-0.15, -0.1) is 0 Å². The van der Waals surface area contributed by atoms with Crippen molar-refractivity contribution >= 4 is 34.6 Å². The highest BCUT2D eigenvalue weighted by molar-refractivity contribution is 5.98. The van der Waals surface area contributed by atoms with Crippen LogP contribution in [0, 0.1) is 10.8 Å². The SMILES string of the molecule is CC(C)(C)c1nc2nc(Oc3cccc(NC(=N)N)c3)nc(Oc3cc(C(=N)N)ccc3C(=O)O)c2[nH]1. The summed E-state index contributed by atoms with van der Waals surface area (Å²) in [6.07, 6.45) is 0. The first-order valence-electron chi connectivity index (χ1n) is 11.0. The number of guanidine groups is 1. The van der Waals surface area contributed by atoms with Crippen molar-refractivity contribution in [2.24, 2.45) is 11.5 Å². The number of imidazole rings is 1. The van der Waals surface area contributed by atoms with E-state index in [0.29, 0.717) is 22.8 Å². The van der Waals surface area contributed by atoms with E-state index in [-0.39, 0.29) is 51.6 Å². The Hall–Kier alpha value is -5.20. The van der Waals surface area contributed by atoms with E-state index >= 15 is 0 Å². The van der Waals surface area contributed by atoms with Crippen LogP contribution in [0.1, 0.15) is 42.5 Å². The molecule has 4 rings (SSSR count). The highest BCUT2D eigenvalue weighted by Gasteiger charge is 2.24. The molecule has 0 aliphatic rings. The number of nitrogen functional groups attached to an aromatic ring is 1. The van der Waals surface area contributed by atoms with Crippen LogP contribution in [-0.2, 0) is 5.41 Å². The standard InChI is InChI=1S/C24H25N9O4/c1-24(2,3)21-30-16-18(31-21)32-23(36-13-6-4-5-12(10-13)29-22(27)28)33-19(16)37-15-9-11(17(25)26)7-8-14(15)20(34)35/h4-10H,1-3H3,(H3,25,26)(H,34,35)(H4,27,28,29)(H,30,31,32,33). The van der Waals surface area contributed by atoms with E-state index in [9.17, 15) is 9.90 Å². The summed E-state index contributed by atoms with van der Waals surface area (Å²) in [7, 11) is 0. The van der Waals surface area contributed by atoms with Crippen LogP contribution in [0.4, 0.5) is 5.69 Å². The number of aromatic carboxylic acids is 1. The monoisotopic (exact) mass is 503 g/mol. The molecule has 13 heteroatoms. The lowest BCUT2D eigenvalue weighted by atomic mass is 9.96. The quantitative estimate of drug-likeness (QED) is 0.143. The zero-order chi connectivity index (χ0) is 26.9. The smallest absolute Gasteiger partial charge is 0.339 e. The molecule has 0 unspecified atom stereocenters.